The van der Waals surface area contributed by atoms with Crippen LogP contribution in [0, 0.1) is 0 Å². The highest BCUT2D eigenvalue weighted by molar-refractivity contribution is 6.05. The lowest BCUT2D eigenvalue weighted by molar-refractivity contribution is 1.07. The Labute approximate surface area is 285 Å². The van der Waals surface area contributed by atoms with Gasteiger partial charge in [-0.2, -0.15) is 0 Å². The number of rotatable bonds is 7. The zero-order chi connectivity index (χ0) is 32.6. The van der Waals surface area contributed by atoms with E-state index in [1.807, 2.05) is 60.7 Å². The van der Waals surface area contributed by atoms with Gasteiger partial charge >= 0.3 is 0 Å². The monoisotopic (exact) mass is 628 g/mol. The first-order valence-electron chi connectivity index (χ1n) is 16.7. The van der Waals surface area contributed by atoms with Crippen molar-refractivity contribution in [1.29, 1.82) is 0 Å². The molecule has 4 nitrogen and oxygen atoms in total. The van der Waals surface area contributed by atoms with E-state index in [4.69, 9.17) is 15.0 Å². The molecule has 9 rings (SSSR count). The van der Waals surface area contributed by atoms with E-state index in [2.05, 4.69) is 115 Å². The zero-order valence-corrected chi connectivity index (χ0v) is 26.8. The van der Waals surface area contributed by atoms with Gasteiger partial charge in [-0.25, -0.2) is 15.0 Å². The Hall–Kier alpha value is -6.23. The Balaban J connectivity index is 1.07. The molecule has 0 spiro atoms. The predicted molar refractivity (Wildman–Crippen MR) is 201 cm³/mol. The summed E-state index contributed by atoms with van der Waals surface area (Å²) in [5, 5.41) is 5.84. The lowest BCUT2D eigenvalue weighted by Gasteiger charge is -2.14. The molecule has 1 fully saturated rings. The second-order valence-electron chi connectivity index (χ2n) is 12.5. The highest BCUT2D eigenvalue weighted by Crippen LogP contribution is 2.38. The molecule has 0 radical (unpaired) electrons. The molecular weight excluding hydrogens is 597 g/mol. The van der Waals surface area contributed by atoms with Gasteiger partial charge in [0.2, 0.25) is 0 Å². The molecule has 0 saturated carbocycles. The van der Waals surface area contributed by atoms with Crippen molar-refractivity contribution in [2.24, 2.45) is 0 Å². The smallest absolute Gasteiger partial charge is 0.164 e. The minimum atomic E-state index is 0.519. The topological polar surface area (TPSA) is 60.6 Å². The molecule has 49 heavy (non-hydrogen) atoms. The molecule has 1 N–H and O–H groups in total. The van der Waals surface area contributed by atoms with Crippen LogP contribution in [-0.4, -0.2) is 21.5 Å². The second-order valence-corrected chi connectivity index (χ2v) is 12.5. The number of hydrogen-bond acceptors (Lipinski definition) is 4. The number of nitrogens with one attached hydrogen (secondary N) is 1. The Kier molecular flexibility index (Phi) is 7.34. The highest BCUT2D eigenvalue weighted by atomic mass is 15.1. The predicted octanol–water partition coefficient (Wildman–Crippen LogP) is 10.7. The summed E-state index contributed by atoms with van der Waals surface area (Å²) < 4.78 is 0. The third-order valence-electron chi connectivity index (χ3n) is 9.31. The average molecular weight is 629 g/mol. The van der Waals surface area contributed by atoms with Crippen molar-refractivity contribution >= 4 is 10.8 Å². The minimum absolute atomic E-state index is 0.519. The van der Waals surface area contributed by atoms with Crippen molar-refractivity contribution in [3.63, 3.8) is 0 Å². The molecule has 1 atom stereocenters. The van der Waals surface area contributed by atoms with Crippen LogP contribution in [0.15, 0.2) is 170 Å². The third kappa shape index (κ3) is 5.80. The van der Waals surface area contributed by atoms with E-state index in [0.717, 1.165) is 28.8 Å². The average Bonchev–Trinajstić information content (AvgIpc) is 4.04. The molecule has 1 saturated heterocycles. The lowest BCUT2D eigenvalue weighted by atomic mass is 9.90. The van der Waals surface area contributed by atoms with E-state index in [1.165, 1.54) is 44.2 Å². The number of nitrogens with zero attached hydrogens (tertiary/aromatic N) is 3. The van der Waals surface area contributed by atoms with Crippen LogP contribution in [-0.2, 0) is 0 Å². The van der Waals surface area contributed by atoms with Crippen LogP contribution in [0.25, 0.3) is 78.3 Å². The number of fused-ring (bicyclic) bond motifs is 1. The van der Waals surface area contributed by atoms with E-state index in [1.54, 1.807) is 0 Å². The summed E-state index contributed by atoms with van der Waals surface area (Å²) in [6, 6.07) is 60.3. The van der Waals surface area contributed by atoms with E-state index >= 15 is 0 Å². The standard InChI is InChI=1S/C45H32N4/c1-3-10-33(11-4-1)43-47-44(34-12-5-2-6-13-34)49-45(48-43)35-24-20-31(21-25-35)38-26-27-39(41-17-8-7-16-40(38)41)37-15-9-14-36(28-37)30-18-22-32(23-19-30)42-29-46-42/h1-28,42,46H,29H2. The number of aromatic nitrogens is 3. The summed E-state index contributed by atoms with van der Waals surface area (Å²) in [6.07, 6.45) is 0. The summed E-state index contributed by atoms with van der Waals surface area (Å²) in [6.45, 7) is 1.08. The van der Waals surface area contributed by atoms with Crippen LogP contribution >= 0.6 is 0 Å². The summed E-state index contributed by atoms with van der Waals surface area (Å²) in [4.78, 5) is 14.7. The maximum absolute atomic E-state index is 4.92. The SMILES string of the molecule is c1ccc(-c2nc(-c3ccccc3)nc(-c3ccc(-c4ccc(-c5cccc(-c6ccc(C7CN7)cc6)c5)c5ccccc45)cc3)n2)cc1. The third-order valence-corrected chi connectivity index (χ3v) is 9.31. The lowest BCUT2D eigenvalue weighted by Crippen LogP contribution is -2.00. The summed E-state index contributed by atoms with van der Waals surface area (Å²) in [5.41, 5.74) is 11.4. The van der Waals surface area contributed by atoms with E-state index in [9.17, 15) is 0 Å². The molecule has 0 amide bonds. The van der Waals surface area contributed by atoms with Gasteiger partial charge in [-0.1, -0.05) is 164 Å². The molecule has 1 aromatic heterocycles. The molecular formula is C45H32N4. The van der Waals surface area contributed by atoms with Crippen LogP contribution in [0.2, 0.25) is 0 Å². The fourth-order valence-electron chi connectivity index (χ4n) is 6.61. The van der Waals surface area contributed by atoms with Gasteiger partial charge in [0.05, 0.1) is 0 Å². The van der Waals surface area contributed by atoms with Crippen molar-refractivity contribution in [2.45, 2.75) is 6.04 Å². The van der Waals surface area contributed by atoms with Gasteiger partial charge in [0.25, 0.3) is 0 Å². The fraction of sp³-hybridized carbons (Fsp3) is 0.0444. The Morgan fingerprint density at radius 1 is 0.367 bits per heavy atom. The van der Waals surface area contributed by atoms with Crippen molar-refractivity contribution in [1.82, 2.24) is 20.3 Å². The van der Waals surface area contributed by atoms with Crippen LogP contribution in [0.3, 0.4) is 0 Å². The van der Waals surface area contributed by atoms with Crippen molar-refractivity contribution in [3.8, 4) is 67.5 Å². The number of benzene rings is 7. The van der Waals surface area contributed by atoms with Gasteiger partial charge in [-0.05, 0) is 55.8 Å². The molecule has 1 aliphatic heterocycles. The summed E-state index contributed by atoms with van der Waals surface area (Å²) in [5.74, 6) is 1.97. The molecule has 2 heterocycles. The molecule has 0 bridgehead atoms. The maximum atomic E-state index is 4.92. The van der Waals surface area contributed by atoms with Gasteiger partial charge in [-0.15, -0.1) is 0 Å². The minimum Gasteiger partial charge on any atom is -0.307 e. The van der Waals surface area contributed by atoms with Crippen LogP contribution in [0.4, 0.5) is 0 Å². The molecule has 232 valence electrons. The van der Waals surface area contributed by atoms with Gasteiger partial charge in [-0.3, -0.25) is 0 Å². The van der Waals surface area contributed by atoms with Crippen LogP contribution in [0.5, 0.6) is 0 Å². The van der Waals surface area contributed by atoms with Gasteiger partial charge in [0.1, 0.15) is 0 Å². The second kappa shape index (κ2) is 12.4. The molecule has 7 aromatic carbocycles. The van der Waals surface area contributed by atoms with E-state index < -0.39 is 0 Å². The first-order chi connectivity index (χ1) is 24.3. The van der Waals surface area contributed by atoms with Crippen molar-refractivity contribution in [2.75, 3.05) is 6.54 Å². The first-order valence-corrected chi connectivity index (χ1v) is 16.7. The van der Waals surface area contributed by atoms with Gasteiger partial charge in [0, 0.05) is 29.3 Å². The molecule has 4 heteroatoms. The molecule has 0 aliphatic carbocycles. The normalized spacial score (nSPS) is 13.8. The highest BCUT2D eigenvalue weighted by Gasteiger charge is 2.21. The molecule has 1 unspecified atom stereocenters. The van der Waals surface area contributed by atoms with E-state index in [0.29, 0.717) is 23.5 Å². The van der Waals surface area contributed by atoms with Crippen LogP contribution in [0.1, 0.15) is 11.6 Å². The Bertz CT molecular complexity index is 2360. The zero-order valence-electron chi connectivity index (χ0n) is 26.8. The van der Waals surface area contributed by atoms with Crippen molar-refractivity contribution < 1.29 is 0 Å². The van der Waals surface area contributed by atoms with Crippen molar-refractivity contribution in [3.05, 3.63) is 175 Å². The Morgan fingerprint density at radius 3 is 1.35 bits per heavy atom. The summed E-state index contributed by atoms with van der Waals surface area (Å²) in [7, 11) is 0. The van der Waals surface area contributed by atoms with Crippen LogP contribution < -0.4 is 5.32 Å². The quantitative estimate of drug-likeness (QED) is 0.178. The summed E-state index contributed by atoms with van der Waals surface area (Å²) >= 11 is 0. The van der Waals surface area contributed by atoms with Gasteiger partial charge in [0.15, 0.2) is 17.5 Å². The maximum Gasteiger partial charge on any atom is 0.164 e. The van der Waals surface area contributed by atoms with E-state index in [-0.39, 0.29) is 0 Å². The fourth-order valence-corrected chi connectivity index (χ4v) is 6.61. The largest absolute Gasteiger partial charge is 0.307 e. The first kappa shape index (κ1) is 29.0. The molecule has 1 aliphatic rings. The molecule has 8 aromatic rings. The Morgan fingerprint density at radius 2 is 0.796 bits per heavy atom. The van der Waals surface area contributed by atoms with Gasteiger partial charge < -0.3 is 5.32 Å². The number of hydrogen-bond donors (Lipinski definition) is 1.